The summed E-state index contributed by atoms with van der Waals surface area (Å²) in [5, 5.41) is 0. The molecule has 0 aromatic carbocycles. The Labute approximate surface area is 144 Å². The second kappa shape index (κ2) is 7.65. The molecule has 0 aliphatic carbocycles. The monoisotopic (exact) mass is 366 g/mol. The molecule has 1 rings (SSSR count). The largest absolute Gasteiger partial charge is 0.345 e. The van der Waals surface area contributed by atoms with Crippen molar-refractivity contribution < 1.29 is 13.2 Å². The van der Waals surface area contributed by atoms with Gasteiger partial charge in [-0.15, -0.1) is 12.4 Å². The van der Waals surface area contributed by atoms with E-state index in [1.54, 1.807) is 21.1 Å². The van der Waals surface area contributed by atoms with Crippen LogP contribution in [0.4, 0.5) is 0 Å². The Morgan fingerprint density at radius 3 is 2.26 bits per heavy atom. The standard InChI is InChI=1S/C14H26N4O3S.ClH/c1-14(2,9-15)10-18(6)22(20,21)11-7-12(17(5)8-11)13(19)16(3)4;/h7-8H,9-10,15H2,1-6H3;1H. The van der Waals surface area contributed by atoms with Gasteiger partial charge in [0.25, 0.3) is 5.91 Å². The average Bonchev–Trinajstić information content (AvgIpc) is 2.79. The van der Waals surface area contributed by atoms with Crippen LogP contribution in [-0.2, 0) is 17.1 Å². The third kappa shape index (κ3) is 4.94. The molecule has 0 atom stereocenters. The maximum atomic E-state index is 12.6. The van der Waals surface area contributed by atoms with Gasteiger partial charge in [-0.25, -0.2) is 12.7 Å². The Bertz CT molecular complexity index is 653. The number of amides is 1. The maximum absolute atomic E-state index is 12.6. The van der Waals surface area contributed by atoms with Crippen LogP contribution in [0.5, 0.6) is 0 Å². The Kier molecular flexibility index (Phi) is 7.29. The molecule has 0 unspecified atom stereocenters. The smallest absolute Gasteiger partial charge is 0.269 e. The Morgan fingerprint density at radius 1 is 1.30 bits per heavy atom. The summed E-state index contributed by atoms with van der Waals surface area (Å²) in [5.74, 6) is -0.242. The van der Waals surface area contributed by atoms with E-state index in [2.05, 4.69) is 0 Å². The number of halogens is 1. The number of aromatic nitrogens is 1. The molecule has 23 heavy (non-hydrogen) atoms. The molecular formula is C14H27ClN4O3S. The van der Waals surface area contributed by atoms with Crippen LogP contribution in [0.2, 0.25) is 0 Å². The predicted octanol–water partition coefficient (Wildman–Crippen LogP) is 0.754. The zero-order chi connectivity index (χ0) is 17.3. The highest BCUT2D eigenvalue weighted by Crippen LogP contribution is 2.22. The van der Waals surface area contributed by atoms with E-state index in [1.807, 2.05) is 13.8 Å². The molecule has 0 radical (unpaired) electrons. The molecule has 0 bridgehead atoms. The van der Waals surface area contributed by atoms with E-state index in [-0.39, 0.29) is 28.6 Å². The van der Waals surface area contributed by atoms with E-state index in [0.29, 0.717) is 18.8 Å². The van der Waals surface area contributed by atoms with Crippen molar-refractivity contribution in [3.63, 3.8) is 0 Å². The van der Waals surface area contributed by atoms with Crippen LogP contribution in [0.15, 0.2) is 17.2 Å². The fourth-order valence-electron chi connectivity index (χ4n) is 2.05. The number of carbonyl (C=O) groups is 1. The topological polar surface area (TPSA) is 88.6 Å². The van der Waals surface area contributed by atoms with E-state index in [0.717, 1.165) is 0 Å². The van der Waals surface area contributed by atoms with Crippen LogP contribution >= 0.6 is 12.4 Å². The van der Waals surface area contributed by atoms with Crippen LogP contribution in [-0.4, -0.2) is 62.3 Å². The zero-order valence-electron chi connectivity index (χ0n) is 14.5. The lowest BCUT2D eigenvalue weighted by Gasteiger charge is -2.28. The van der Waals surface area contributed by atoms with Gasteiger partial charge in [-0.1, -0.05) is 13.8 Å². The molecule has 0 spiro atoms. The fourth-order valence-corrected chi connectivity index (χ4v) is 3.48. The molecule has 9 heteroatoms. The van der Waals surface area contributed by atoms with Crippen molar-refractivity contribution in [1.82, 2.24) is 13.8 Å². The van der Waals surface area contributed by atoms with E-state index in [4.69, 9.17) is 5.73 Å². The first-order valence-corrected chi connectivity index (χ1v) is 8.41. The van der Waals surface area contributed by atoms with E-state index >= 15 is 0 Å². The van der Waals surface area contributed by atoms with Crippen molar-refractivity contribution in [2.24, 2.45) is 18.2 Å². The molecule has 7 nitrogen and oxygen atoms in total. The molecular weight excluding hydrogens is 340 g/mol. The van der Waals surface area contributed by atoms with Crippen molar-refractivity contribution in [2.75, 3.05) is 34.2 Å². The Morgan fingerprint density at radius 2 is 1.83 bits per heavy atom. The Hall–Kier alpha value is -1.09. The normalized spacial score (nSPS) is 12.2. The number of rotatable bonds is 6. The molecule has 1 heterocycles. The van der Waals surface area contributed by atoms with Gasteiger partial charge in [0.15, 0.2) is 0 Å². The second-order valence-corrected chi connectivity index (χ2v) is 8.55. The molecule has 0 aliphatic rings. The highest BCUT2D eigenvalue weighted by molar-refractivity contribution is 7.89. The molecule has 2 N–H and O–H groups in total. The zero-order valence-corrected chi connectivity index (χ0v) is 16.2. The molecule has 0 aliphatic heterocycles. The van der Waals surface area contributed by atoms with Gasteiger partial charge in [-0.05, 0) is 18.0 Å². The van der Waals surface area contributed by atoms with Crippen molar-refractivity contribution in [3.8, 4) is 0 Å². The lowest BCUT2D eigenvalue weighted by Crippen LogP contribution is -2.39. The number of hydrogen-bond acceptors (Lipinski definition) is 4. The Balaban J connectivity index is 0.00000484. The van der Waals surface area contributed by atoms with Gasteiger partial charge in [0.2, 0.25) is 10.0 Å². The molecule has 1 aromatic rings. The van der Waals surface area contributed by atoms with Gasteiger partial charge in [0.05, 0.1) is 0 Å². The van der Waals surface area contributed by atoms with Gasteiger partial charge in [0.1, 0.15) is 10.6 Å². The van der Waals surface area contributed by atoms with Gasteiger partial charge >= 0.3 is 0 Å². The van der Waals surface area contributed by atoms with Crippen LogP contribution in [0.25, 0.3) is 0 Å². The number of carbonyl (C=O) groups excluding carboxylic acids is 1. The first kappa shape index (κ1) is 21.9. The average molecular weight is 367 g/mol. The third-order valence-corrected chi connectivity index (χ3v) is 5.29. The van der Waals surface area contributed by atoms with Crippen LogP contribution in [0, 0.1) is 5.41 Å². The summed E-state index contributed by atoms with van der Waals surface area (Å²) < 4.78 is 28.1. The molecule has 134 valence electrons. The van der Waals surface area contributed by atoms with E-state index < -0.39 is 10.0 Å². The quantitative estimate of drug-likeness (QED) is 0.804. The molecule has 1 amide bonds. The van der Waals surface area contributed by atoms with Gasteiger partial charge < -0.3 is 15.2 Å². The van der Waals surface area contributed by atoms with Crippen LogP contribution in [0.1, 0.15) is 24.3 Å². The van der Waals surface area contributed by atoms with Crippen molar-refractivity contribution >= 4 is 28.3 Å². The lowest BCUT2D eigenvalue weighted by molar-refractivity contribution is 0.0818. The fraction of sp³-hybridized carbons (Fsp3) is 0.643. The minimum atomic E-state index is -3.66. The highest BCUT2D eigenvalue weighted by atomic mass is 35.5. The van der Waals surface area contributed by atoms with Crippen molar-refractivity contribution in [3.05, 3.63) is 18.0 Å². The summed E-state index contributed by atoms with van der Waals surface area (Å²) in [4.78, 5) is 13.5. The number of sulfonamides is 1. The first-order valence-electron chi connectivity index (χ1n) is 6.97. The van der Waals surface area contributed by atoms with E-state index in [9.17, 15) is 13.2 Å². The molecule has 0 saturated heterocycles. The van der Waals surface area contributed by atoms with Crippen LogP contribution < -0.4 is 5.73 Å². The number of nitrogens with two attached hydrogens (primary N) is 1. The van der Waals surface area contributed by atoms with E-state index in [1.165, 1.54) is 33.1 Å². The minimum absolute atomic E-state index is 0. The first-order chi connectivity index (χ1) is 9.92. The van der Waals surface area contributed by atoms with Crippen molar-refractivity contribution in [1.29, 1.82) is 0 Å². The summed E-state index contributed by atoms with van der Waals surface area (Å²) in [7, 11) is 2.77. The number of hydrogen-bond donors (Lipinski definition) is 1. The van der Waals surface area contributed by atoms with Crippen molar-refractivity contribution in [2.45, 2.75) is 18.7 Å². The summed E-state index contributed by atoms with van der Waals surface area (Å²) in [6.45, 7) is 4.50. The number of aryl methyl sites for hydroxylation is 1. The SMILES string of the molecule is CN(C)C(=O)c1cc(S(=O)(=O)N(C)CC(C)(C)CN)cn1C.Cl. The number of nitrogens with zero attached hydrogens (tertiary/aromatic N) is 3. The van der Waals surface area contributed by atoms with Gasteiger partial charge in [-0.3, -0.25) is 4.79 Å². The summed E-state index contributed by atoms with van der Waals surface area (Å²) in [6.07, 6.45) is 1.46. The molecule has 0 fully saturated rings. The highest BCUT2D eigenvalue weighted by Gasteiger charge is 2.29. The summed E-state index contributed by atoms with van der Waals surface area (Å²) in [5.41, 5.74) is 5.67. The summed E-state index contributed by atoms with van der Waals surface area (Å²) >= 11 is 0. The van der Waals surface area contributed by atoms with Crippen LogP contribution in [0.3, 0.4) is 0 Å². The predicted molar refractivity (Wildman–Crippen MR) is 93.3 cm³/mol. The molecule has 0 saturated carbocycles. The maximum Gasteiger partial charge on any atom is 0.269 e. The third-order valence-electron chi connectivity index (χ3n) is 3.52. The second-order valence-electron chi connectivity index (χ2n) is 6.50. The minimum Gasteiger partial charge on any atom is -0.345 e. The summed E-state index contributed by atoms with van der Waals surface area (Å²) in [6, 6.07) is 1.41. The lowest BCUT2D eigenvalue weighted by atomic mass is 9.94. The van der Waals surface area contributed by atoms with Gasteiger partial charge in [0, 0.05) is 40.9 Å². The van der Waals surface area contributed by atoms with Gasteiger partial charge in [-0.2, -0.15) is 0 Å². The molecule has 1 aromatic heterocycles.